The third-order valence-electron chi connectivity index (χ3n) is 2.95. The molecule has 0 saturated carbocycles. The normalized spacial score (nSPS) is 11.0. The fourth-order valence-corrected chi connectivity index (χ4v) is 2.45. The van der Waals surface area contributed by atoms with Gasteiger partial charge in [-0.25, -0.2) is 4.98 Å². The van der Waals surface area contributed by atoms with E-state index in [1.807, 2.05) is 42.6 Å². The molecule has 3 rings (SSSR count). The SMILES string of the molecule is Cc1nc(/C=C\C(=O)NCc2noc(-c3ccccc3)n2)cs1. The number of thiazole rings is 1. The summed E-state index contributed by atoms with van der Waals surface area (Å²) in [5.74, 6) is 0.625. The van der Waals surface area contributed by atoms with Crippen molar-refractivity contribution in [2.45, 2.75) is 13.5 Å². The molecule has 0 aliphatic carbocycles. The van der Waals surface area contributed by atoms with E-state index >= 15 is 0 Å². The van der Waals surface area contributed by atoms with Crippen LogP contribution in [0.15, 0.2) is 46.3 Å². The number of rotatable bonds is 5. The van der Waals surface area contributed by atoms with Gasteiger partial charge in [0.25, 0.3) is 5.89 Å². The first-order valence-electron chi connectivity index (χ1n) is 6.97. The number of hydrogen-bond acceptors (Lipinski definition) is 6. The minimum Gasteiger partial charge on any atom is -0.345 e. The fraction of sp³-hybridized carbons (Fsp3) is 0.125. The number of carbonyl (C=O) groups is 1. The van der Waals surface area contributed by atoms with Gasteiger partial charge in [0, 0.05) is 17.0 Å². The van der Waals surface area contributed by atoms with Gasteiger partial charge in [-0.3, -0.25) is 4.79 Å². The standard InChI is InChI=1S/C16H14N4O2S/c1-11-18-13(10-23-11)7-8-15(21)17-9-14-19-16(22-20-14)12-5-3-2-4-6-12/h2-8,10H,9H2,1H3,(H,17,21)/b8-7-. The highest BCUT2D eigenvalue weighted by Crippen LogP contribution is 2.15. The Hall–Kier alpha value is -2.80. The van der Waals surface area contributed by atoms with Crippen LogP contribution in [-0.4, -0.2) is 21.0 Å². The van der Waals surface area contributed by atoms with Crippen molar-refractivity contribution in [3.63, 3.8) is 0 Å². The molecule has 3 aromatic rings. The predicted octanol–water partition coefficient (Wildman–Crippen LogP) is 2.83. The lowest BCUT2D eigenvalue weighted by molar-refractivity contribution is -0.116. The van der Waals surface area contributed by atoms with Crippen LogP contribution in [0.3, 0.4) is 0 Å². The Bertz CT molecular complexity index is 823. The van der Waals surface area contributed by atoms with Gasteiger partial charge in [0.2, 0.25) is 5.91 Å². The van der Waals surface area contributed by atoms with Crippen molar-refractivity contribution in [2.75, 3.05) is 0 Å². The first kappa shape index (κ1) is 15.1. The summed E-state index contributed by atoms with van der Waals surface area (Å²) in [6.45, 7) is 2.12. The molecule has 23 heavy (non-hydrogen) atoms. The molecule has 0 aliphatic heterocycles. The molecule has 2 heterocycles. The summed E-state index contributed by atoms with van der Waals surface area (Å²) in [5.41, 5.74) is 1.62. The topological polar surface area (TPSA) is 80.9 Å². The minimum atomic E-state index is -0.235. The maximum atomic E-state index is 11.8. The van der Waals surface area contributed by atoms with Gasteiger partial charge in [-0.2, -0.15) is 4.98 Å². The Balaban J connectivity index is 1.55. The summed E-state index contributed by atoms with van der Waals surface area (Å²) < 4.78 is 5.18. The van der Waals surface area contributed by atoms with E-state index < -0.39 is 0 Å². The van der Waals surface area contributed by atoms with Crippen LogP contribution in [0, 0.1) is 6.92 Å². The van der Waals surface area contributed by atoms with E-state index in [2.05, 4.69) is 20.4 Å². The zero-order valence-corrected chi connectivity index (χ0v) is 13.2. The van der Waals surface area contributed by atoms with Gasteiger partial charge >= 0.3 is 0 Å². The van der Waals surface area contributed by atoms with E-state index in [9.17, 15) is 4.79 Å². The van der Waals surface area contributed by atoms with E-state index in [4.69, 9.17) is 4.52 Å². The molecule has 1 aromatic carbocycles. The fourth-order valence-electron chi connectivity index (χ4n) is 1.87. The average molecular weight is 326 g/mol. The Morgan fingerprint density at radius 3 is 2.87 bits per heavy atom. The van der Waals surface area contributed by atoms with Gasteiger partial charge in [-0.05, 0) is 25.1 Å². The predicted molar refractivity (Wildman–Crippen MR) is 87.5 cm³/mol. The number of nitrogens with one attached hydrogen (secondary N) is 1. The van der Waals surface area contributed by atoms with Gasteiger partial charge in [-0.15, -0.1) is 11.3 Å². The molecule has 0 radical (unpaired) electrons. The van der Waals surface area contributed by atoms with Gasteiger partial charge in [0.15, 0.2) is 5.82 Å². The van der Waals surface area contributed by atoms with Crippen molar-refractivity contribution in [1.82, 2.24) is 20.4 Å². The van der Waals surface area contributed by atoms with E-state index in [1.54, 1.807) is 17.4 Å². The van der Waals surface area contributed by atoms with Crippen LogP contribution in [0.2, 0.25) is 0 Å². The van der Waals surface area contributed by atoms with Gasteiger partial charge in [0.05, 0.1) is 17.2 Å². The molecule has 0 atom stereocenters. The molecule has 0 spiro atoms. The lowest BCUT2D eigenvalue weighted by Crippen LogP contribution is -2.20. The van der Waals surface area contributed by atoms with E-state index in [0.29, 0.717) is 11.7 Å². The third kappa shape index (κ3) is 4.10. The largest absolute Gasteiger partial charge is 0.345 e. The highest BCUT2D eigenvalue weighted by molar-refractivity contribution is 7.09. The number of hydrogen-bond donors (Lipinski definition) is 1. The molecular formula is C16H14N4O2S. The van der Waals surface area contributed by atoms with Crippen LogP contribution in [-0.2, 0) is 11.3 Å². The van der Waals surface area contributed by atoms with Crippen molar-refractivity contribution in [1.29, 1.82) is 0 Å². The van der Waals surface area contributed by atoms with Crippen molar-refractivity contribution in [3.8, 4) is 11.5 Å². The number of carbonyl (C=O) groups excluding carboxylic acids is 1. The van der Waals surface area contributed by atoms with Crippen molar-refractivity contribution in [3.05, 3.63) is 58.3 Å². The Labute approximate surface area is 136 Å². The molecule has 1 N–H and O–H groups in total. The van der Waals surface area contributed by atoms with E-state index in [-0.39, 0.29) is 12.5 Å². The van der Waals surface area contributed by atoms with Crippen LogP contribution in [0.1, 0.15) is 16.5 Å². The molecule has 116 valence electrons. The third-order valence-corrected chi connectivity index (χ3v) is 3.74. The minimum absolute atomic E-state index is 0.204. The number of aromatic nitrogens is 3. The summed E-state index contributed by atoms with van der Waals surface area (Å²) in [6, 6.07) is 9.47. The van der Waals surface area contributed by atoms with Crippen molar-refractivity contribution >= 4 is 23.3 Å². The summed E-state index contributed by atoms with van der Waals surface area (Å²) in [7, 11) is 0. The van der Waals surface area contributed by atoms with E-state index in [0.717, 1.165) is 16.3 Å². The number of benzene rings is 1. The van der Waals surface area contributed by atoms with Crippen molar-refractivity contribution in [2.24, 2.45) is 0 Å². The summed E-state index contributed by atoms with van der Waals surface area (Å²) >= 11 is 1.54. The van der Waals surface area contributed by atoms with Crippen LogP contribution >= 0.6 is 11.3 Å². The second-order valence-electron chi connectivity index (χ2n) is 4.72. The second-order valence-corrected chi connectivity index (χ2v) is 5.79. The molecule has 7 heteroatoms. The molecule has 0 unspecified atom stereocenters. The maximum Gasteiger partial charge on any atom is 0.257 e. The van der Waals surface area contributed by atoms with E-state index in [1.165, 1.54) is 6.08 Å². The summed E-state index contributed by atoms with van der Waals surface area (Å²) in [4.78, 5) is 20.3. The second kappa shape index (κ2) is 6.97. The molecule has 2 aromatic heterocycles. The molecule has 0 fully saturated rings. The molecule has 0 aliphatic rings. The number of aryl methyl sites for hydroxylation is 1. The quantitative estimate of drug-likeness (QED) is 0.729. The van der Waals surface area contributed by atoms with Crippen LogP contribution in [0.25, 0.3) is 17.5 Å². The van der Waals surface area contributed by atoms with Crippen molar-refractivity contribution < 1.29 is 9.32 Å². The zero-order valence-electron chi connectivity index (χ0n) is 12.4. The highest BCUT2D eigenvalue weighted by atomic mass is 32.1. The van der Waals surface area contributed by atoms with Crippen LogP contribution < -0.4 is 5.32 Å². The monoisotopic (exact) mass is 326 g/mol. The molecule has 0 bridgehead atoms. The molecule has 0 saturated heterocycles. The maximum absolute atomic E-state index is 11.8. The number of amides is 1. The smallest absolute Gasteiger partial charge is 0.257 e. The molecule has 1 amide bonds. The Morgan fingerprint density at radius 1 is 1.30 bits per heavy atom. The van der Waals surface area contributed by atoms with Crippen LogP contribution in [0.5, 0.6) is 0 Å². The molecular weight excluding hydrogens is 312 g/mol. The first-order chi connectivity index (χ1) is 11.2. The average Bonchev–Trinajstić information content (AvgIpc) is 3.21. The molecule has 6 nitrogen and oxygen atoms in total. The van der Waals surface area contributed by atoms with Crippen LogP contribution in [0.4, 0.5) is 0 Å². The Morgan fingerprint density at radius 2 is 2.13 bits per heavy atom. The lowest BCUT2D eigenvalue weighted by atomic mass is 10.2. The highest BCUT2D eigenvalue weighted by Gasteiger charge is 2.08. The van der Waals surface area contributed by atoms with Gasteiger partial charge in [0.1, 0.15) is 0 Å². The van der Waals surface area contributed by atoms with Gasteiger partial charge in [-0.1, -0.05) is 23.4 Å². The lowest BCUT2D eigenvalue weighted by Gasteiger charge is -1.96. The Kier molecular flexibility index (Phi) is 4.58. The van der Waals surface area contributed by atoms with Gasteiger partial charge < -0.3 is 9.84 Å². The zero-order chi connectivity index (χ0) is 16.1. The summed E-state index contributed by atoms with van der Waals surface area (Å²) in [5, 5.41) is 9.41. The number of nitrogens with zero attached hydrogens (tertiary/aromatic N) is 3. The summed E-state index contributed by atoms with van der Waals surface area (Å²) in [6.07, 6.45) is 3.11. The first-order valence-corrected chi connectivity index (χ1v) is 7.85.